The summed E-state index contributed by atoms with van der Waals surface area (Å²) in [5, 5.41) is 4.37. The van der Waals surface area contributed by atoms with Gasteiger partial charge in [0.05, 0.1) is 17.4 Å². The maximum atomic E-state index is 12.2. The summed E-state index contributed by atoms with van der Waals surface area (Å²) in [7, 11) is 0. The van der Waals surface area contributed by atoms with Crippen LogP contribution in [0.4, 0.5) is 0 Å². The molecule has 3 aromatic heterocycles. The van der Waals surface area contributed by atoms with Crippen molar-refractivity contribution in [1.82, 2.24) is 19.7 Å². The van der Waals surface area contributed by atoms with Gasteiger partial charge in [-0.3, -0.25) is 4.79 Å². The average Bonchev–Trinajstić information content (AvgIpc) is 2.79. The summed E-state index contributed by atoms with van der Waals surface area (Å²) in [4.78, 5) is 20.1. The number of rotatable bonds is 2. The van der Waals surface area contributed by atoms with E-state index in [0.29, 0.717) is 23.1 Å². The highest BCUT2D eigenvalue weighted by Crippen LogP contribution is 2.06. The van der Waals surface area contributed by atoms with E-state index in [1.165, 1.54) is 12.5 Å². The molecule has 0 aromatic carbocycles. The Morgan fingerprint density at radius 2 is 2.33 bits per heavy atom. The van der Waals surface area contributed by atoms with Crippen LogP contribution in [0.1, 0.15) is 11.5 Å². The minimum Gasteiger partial charge on any atom is -0.361 e. The fourth-order valence-electron chi connectivity index (χ4n) is 1.81. The average molecular weight is 242 g/mol. The highest BCUT2D eigenvalue weighted by atomic mass is 16.5. The zero-order valence-corrected chi connectivity index (χ0v) is 9.70. The zero-order valence-electron chi connectivity index (χ0n) is 9.70. The van der Waals surface area contributed by atoms with Gasteiger partial charge >= 0.3 is 0 Å². The molecule has 0 bridgehead atoms. The van der Waals surface area contributed by atoms with Crippen LogP contribution in [0.25, 0.3) is 10.9 Å². The Morgan fingerprint density at radius 1 is 1.44 bits per heavy atom. The summed E-state index contributed by atoms with van der Waals surface area (Å²) in [5.41, 5.74) is 1.22. The van der Waals surface area contributed by atoms with Gasteiger partial charge in [0.2, 0.25) is 0 Å². The van der Waals surface area contributed by atoms with Crippen LogP contribution in [0.3, 0.4) is 0 Å². The summed E-state index contributed by atoms with van der Waals surface area (Å²) in [5.74, 6) is 0.724. The molecule has 0 unspecified atom stereocenters. The third-order valence-corrected chi connectivity index (χ3v) is 2.66. The van der Waals surface area contributed by atoms with E-state index in [4.69, 9.17) is 4.52 Å². The number of aryl methyl sites for hydroxylation is 1. The molecule has 3 aromatic rings. The van der Waals surface area contributed by atoms with Gasteiger partial charge < -0.3 is 9.09 Å². The topological polar surface area (TPSA) is 73.8 Å². The molecular formula is C12H10N4O2. The SMILES string of the molecule is Cc1cc(Cn2ccc3ncncc3c2=O)no1. The van der Waals surface area contributed by atoms with E-state index in [1.54, 1.807) is 22.9 Å². The Morgan fingerprint density at radius 3 is 3.11 bits per heavy atom. The lowest BCUT2D eigenvalue weighted by Gasteiger charge is -2.03. The molecule has 0 saturated carbocycles. The van der Waals surface area contributed by atoms with Gasteiger partial charge in [0.25, 0.3) is 5.56 Å². The van der Waals surface area contributed by atoms with Crippen molar-refractivity contribution < 1.29 is 4.52 Å². The van der Waals surface area contributed by atoms with Crippen LogP contribution in [0, 0.1) is 6.92 Å². The first-order chi connectivity index (χ1) is 8.74. The number of hydrogen-bond acceptors (Lipinski definition) is 5. The summed E-state index contributed by atoms with van der Waals surface area (Å²) in [6.07, 6.45) is 4.64. The third-order valence-electron chi connectivity index (χ3n) is 2.66. The van der Waals surface area contributed by atoms with Crippen molar-refractivity contribution in [2.24, 2.45) is 0 Å². The first-order valence-electron chi connectivity index (χ1n) is 5.45. The third kappa shape index (κ3) is 1.77. The normalized spacial score (nSPS) is 10.9. The number of aromatic nitrogens is 4. The van der Waals surface area contributed by atoms with Gasteiger partial charge in [-0.2, -0.15) is 0 Å². The minimum atomic E-state index is -0.131. The van der Waals surface area contributed by atoms with Crippen LogP contribution in [0.2, 0.25) is 0 Å². The quantitative estimate of drug-likeness (QED) is 0.673. The van der Waals surface area contributed by atoms with E-state index in [-0.39, 0.29) is 5.56 Å². The van der Waals surface area contributed by atoms with Crippen molar-refractivity contribution in [2.75, 3.05) is 0 Å². The first kappa shape index (κ1) is 10.6. The molecule has 3 heterocycles. The second-order valence-corrected chi connectivity index (χ2v) is 4.00. The Kier molecular flexibility index (Phi) is 2.40. The van der Waals surface area contributed by atoms with Crippen molar-refractivity contribution in [1.29, 1.82) is 0 Å². The molecule has 0 fully saturated rings. The first-order valence-corrected chi connectivity index (χ1v) is 5.45. The van der Waals surface area contributed by atoms with Gasteiger partial charge in [0, 0.05) is 18.5 Å². The largest absolute Gasteiger partial charge is 0.361 e. The number of nitrogens with zero attached hydrogens (tertiary/aromatic N) is 4. The minimum absolute atomic E-state index is 0.131. The van der Waals surface area contributed by atoms with Crippen LogP contribution in [0.5, 0.6) is 0 Å². The highest BCUT2D eigenvalue weighted by Gasteiger charge is 2.06. The number of fused-ring (bicyclic) bond motifs is 1. The molecule has 0 atom stereocenters. The summed E-state index contributed by atoms with van der Waals surface area (Å²) >= 11 is 0. The maximum absolute atomic E-state index is 12.2. The molecule has 0 amide bonds. The van der Waals surface area contributed by atoms with Crippen molar-refractivity contribution in [2.45, 2.75) is 13.5 Å². The molecular weight excluding hydrogens is 232 g/mol. The lowest BCUT2D eigenvalue weighted by Crippen LogP contribution is -2.20. The second-order valence-electron chi connectivity index (χ2n) is 4.00. The smallest absolute Gasteiger partial charge is 0.261 e. The number of hydrogen-bond donors (Lipinski definition) is 0. The molecule has 18 heavy (non-hydrogen) atoms. The zero-order chi connectivity index (χ0) is 12.5. The Balaban J connectivity index is 2.08. The van der Waals surface area contributed by atoms with E-state index in [1.807, 2.05) is 6.92 Å². The molecule has 90 valence electrons. The van der Waals surface area contributed by atoms with Gasteiger partial charge in [-0.05, 0) is 13.0 Å². The summed E-state index contributed by atoms with van der Waals surface area (Å²) in [6, 6.07) is 3.59. The highest BCUT2D eigenvalue weighted by molar-refractivity contribution is 5.75. The summed E-state index contributed by atoms with van der Waals surface area (Å²) < 4.78 is 6.53. The van der Waals surface area contributed by atoms with Crippen molar-refractivity contribution in [3.05, 3.63) is 52.7 Å². The van der Waals surface area contributed by atoms with E-state index in [0.717, 1.165) is 5.76 Å². The fourth-order valence-corrected chi connectivity index (χ4v) is 1.81. The van der Waals surface area contributed by atoms with Crippen molar-refractivity contribution in [3.63, 3.8) is 0 Å². The fraction of sp³-hybridized carbons (Fsp3) is 0.167. The molecule has 6 heteroatoms. The molecule has 6 nitrogen and oxygen atoms in total. The lowest BCUT2D eigenvalue weighted by molar-refractivity contribution is 0.388. The monoisotopic (exact) mass is 242 g/mol. The predicted molar refractivity (Wildman–Crippen MR) is 64.1 cm³/mol. The second kappa shape index (κ2) is 4.06. The van der Waals surface area contributed by atoms with E-state index >= 15 is 0 Å². The van der Waals surface area contributed by atoms with E-state index in [9.17, 15) is 4.79 Å². The lowest BCUT2D eigenvalue weighted by atomic mass is 10.3. The van der Waals surface area contributed by atoms with Crippen molar-refractivity contribution in [3.8, 4) is 0 Å². The van der Waals surface area contributed by atoms with E-state index < -0.39 is 0 Å². The van der Waals surface area contributed by atoms with Gasteiger partial charge in [-0.15, -0.1) is 0 Å². The van der Waals surface area contributed by atoms with Gasteiger partial charge in [0.1, 0.15) is 17.8 Å². The molecule has 0 aliphatic rings. The Labute approximate surface area is 102 Å². The molecule has 0 aliphatic heterocycles. The van der Waals surface area contributed by atoms with E-state index in [2.05, 4.69) is 15.1 Å². The van der Waals surface area contributed by atoms with Crippen LogP contribution < -0.4 is 5.56 Å². The van der Waals surface area contributed by atoms with Gasteiger partial charge in [-0.1, -0.05) is 5.16 Å². The van der Waals surface area contributed by atoms with Crippen LogP contribution >= 0.6 is 0 Å². The van der Waals surface area contributed by atoms with Gasteiger partial charge in [-0.25, -0.2) is 9.97 Å². The van der Waals surface area contributed by atoms with Crippen LogP contribution in [-0.2, 0) is 6.54 Å². The number of pyridine rings is 1. The summed E-state index contributed by atoms with van der Waals surface area (Å²) in [6.45, 7) is 2.19. The molecule has 0 N–H and O–H groups in total. The molecule has 0 spiro atoms. The van der Waals surface area contributed by atoms with Crippen LogP contribution in [0.15, 0.2) is 40.2 Å². The molecule has 0 aliphatic carbocycles. The standard InChI is InChI=1S/C12H10N4O2/c1-8-4-9(15-18-8)6-16-3-2-11-10(12(16)17)5-13-7-14-11/h2-5,7H,6H2,1H3. The molecule has 0 saturated heterocycles. The van der Waals surface area contributed by atoms with Crippen LogP contribution in [-0.4, -0.2) is 19.7 Å². The van der Waals surface area contributed by atoms with Gasteiger partial charge in [0.15, 0.2) is 0 Å². The molecule has 3 rings (SSSR count). The predicted octanol–water partition coefficient (Wildman–Crippen LogP) is 1.14. The Bertz CT molecular complexity index is 760. The Hall–Kier alpha value is -2.50. The van der Waals surface area contributed by atoms with Crippen molar-refractivity contribution >= 4 is 10.9 Å². The molecule has 0 radical (unpaired) electrons. The maximum Gasteiger partial charge on any atom is 0.261 e.